The molecule has 0 spiro atoms. The van der Waals surface area contributed by atoms with Crippen molar-refractivity contribution in [3.8, 4) is 5.75 Å². The van der Waals surface area contributed by atoms with Gasteiger partial charge in [-0.2, -0.15) is 8.78 Å². The number of halogens is 2. The minimum Gasteiger partial charge on any atom is -0.452 e. The molecule has 0 bridgehead atoms. The molecule has 2 rings (SSSR count). The molecular formula is C21H21F2NO5. The molecule has 0 unspecified atom stereocenters. The Hall–Kier alpha value is -3.29. The average Bonchev–Trinajstić information content (AvgIpc) is 2.66. The Morgan fingerprint density at radius 3 is 2.07 bits per heavy atom. The molecule has 1 N–H and O–H groups in total. The lowest BCUT2D eigenvalue weighted by Crippen LogP contribution is -2.34. The predicted molar refractivity (Wildman–Crippen MR) is 101 cm³/mol. The van der Waals surface area contributed by atoms with Crippen LogP contribution >= 0.6 is 0 Å². The Morgan fingerprint density at radius 2 is 1.52 bits per heavy atom. The minimum atomic E-state index is -2.97. The number of ether oxygens (including phenoxy) is 2. The molecule has 154 valence electrons. The lowest BCUT2D eigenvalue weighted by atomic mass is 10.0. The molecule has 29 heavy (non-hydrogen) atoms. The molecule has 0 saturated carbocycles. The van der Waals surface area contributed by atoms with E-state index in [2.05, 4.69) is 18.6 Å². The molecule has 0 aliphatic heterocycles. The second-order valence-corrected chi connectivity index (χ2v) is 6.65. The minimum absolute atomic E-state index is 0.0621. The van der Waals surface area contributed by atoms with E-state index >= 15 is 0 Å². The first-order valence-corrected chi connectivity index (χ1v) is 8.89. The van der Waals surface area contributed by atoms with E-state index in [-0.39, 0.29) is 11.3 Å². The van der Waals surface area contributed by atoms with E-state index in [1.165, 1.54) is 24.3 Å². The highest BCUT2D eigenvalue weighted by Crippen LogP contribution is 2.15. The number of alkyl halides is 2. The van der Waals surface area contributed by atoms with Gasteiger partial charge in [-0.25, -0.2) is 4.79 Å². The molecule has 2 aromatic carbocycles. The van der Waals surface area contributed by atoms with Crippen molar-refractivity contribution in [2.45, 2.75) is 26.9 Å². The van der Waals surface area contributed by atoms with Gasteiger partial charge in [0.2, 0.25) is 0 Å². The zero-order valence-corrected chi connectivity index (χ0v) is 16.0. The highest BCUT2D eigenvalue weighted by Gasteiger charge is 2.14. The van der Waals surface area contributed by atoms with Gasteiger partial charge in [0.25, 0.3) is 11.8 Å². The third kappa shape index (κ3) is 7.33. The highest BCUT2D eigenvalue weighted by atomic mass is 19.3. The summed E-state index contributed by atoms with van der Waals surface area (Å²) in [5, 5.41) is 2.05. The molecule has 0 aliphatic carbocycles. The molecule has 0 aliphatic rings. The van der Waals surface area contributed by atoms with Crippen LogP contribution < -0.4 is 10.1 Å². The summed E-state index contributed by atoms with van der Waals surface area (Å²) in [6, 6.07) is 11.7. The third-order valence-electron chi connectivity index (χ3n) is 3.76. The summed E-state index contributed by atoms with van der Waals surface area (Å²) < 4.78 is 33.3. The van der Waals surface area contributed by atoms with Crippen LogP contribution in [-0.4, -0.2) is 31.0 Å². The Balaban J connectivity index is 1.82. The second-order valence-electron chi connectivity index (χ2n) is 6.65. The molecule has 0 fully saturated rings. The number of nitrogens with one attached hydrogen (secondary N) is 1. The lowest BCUT2D eigenvalue weighted by Gasteiger charge is -2.08. The van der Waals surface area contributed by atoms with Gasteiger partial charge in [0.05, 0.1) is 5.56 Å². The largest absolute Gasteiger partial charge is 0.452 e. The van der Waals surface area contributed by atoms with Gasteiger partial charge in [-0.3, -0.25) is 14.9 Å². The molecule has 2 amide bonds. The zero-order valence-electron chi connectivity index (χ0n) is 16.0. The van der Waals surface area contributed by atoms with Gasteiger partial charge < -0.3 is 9.47 Å². The number of rotatable bonds is 8. The van der Waals surface area contributed by atoms with Crippen LogP contribution in [0.5, 0.6) is 5.75 Å². The SMILES string of the molecule is CC(C)Cc1ccc(C(=O)OCC(=O)NC(=O)c2ccc(OC(F)F)cc2)cc1. The van der Waals surface area contributed by atoms with Crippen LogP contribution in [0, 0.1) is 5.92 Å². The van der Waals surface area contributed by atoms with E-state index in [1.807, 2.05) is 17.4 Å². The molecule has 0 heterocycles. The topological polar surface area (TPSA) is 81.7 Å². The summed E-state index contributed by atoms with van der Waals surface area (Å²) in [5.41, 5.74) is 1.45. The maximum absolute atomic E-state index is 12.1. The molecule has 0 radical (unpaired) electrons. The standard InChI is InChI=1S/C21H21F2NO5/c1-13(2)11-14-3-5-16(6-4-14)20(27)28-12-18(25)24-19(26)15-7-9-17(10-8-15)29-21(22)23/h3-10,13,21H,11-12H2,1-2H3,(H,24,25,26). The van der Waals surface area contributed by atoms with Crippen molar-refractivity contribution in [1.29, 1.82) is 0 Å². The Labute approximate surface area is 166 Å². The summed E-state index contributed by atoms with van der Waals surface area (Å²) in [5.74, 6) is -1.88. The Bertz CT molecular complexity index is 848. The number of imide groups is 1. The molecule has 8 heteroatoms. The van der Waals surface area contributed by atoms with Crippen LogP contribution in [0.4, 0.5) is 8.78 Å². The van der Waals surface area contributed by atoms with Gasteiger partial charge in [0.15, 0.2) is 6.61 Å². The first-order chi connectivity index (χ1) is 13.7. The fourth-order valence-electron chi connectivity index (χ4n) is 2.49. The van der Waals surface area contributed by atoms with Crippen molar-refractivity contribution < 1.29 is 32.6 Å². The van der Waals surface area contributed by atoms with Gasteiger partial charge in [0, 0.05) is 5.56 Å². The van der Waals surface area contributed by atoms with Crippen LogP contribution in [0.25, 0.3) is 0 Å². The van der Waals surface area contributed by atoms with Gasteiger partial charge in [-0.1, -0.05) is 26.0 Å². The maximum Gasteiger partial charge on any atom is 0.387 e. The number of hydrogen-bond acceptors (Lipinski definition) is 5. The first kappa shape index (κ1) is 22.0. The van der Waals surface area contributed by atoms with Gasteiger partial charge in [-0.05, 0) is 54.3 Å². The fraction of sp³-hybridized carbons (Fsp3) is 0.286. The molecule has 0 saturated heterocycles. The monoisotopic (exact) mass is 405 g/mol. The van der Waals surface area contributed by atoms with E-state index < -0.39 is 31.0 Å². The fourth-order valence-corrected chi connectivity index (χ4v) is 2.49. The van der Waals surface area contributed by atoms with Crippen LogP contribution in [0.2, 0.25) is 0 Å². The van der Waals surface area contributed by atoms with Crippen LogP contribution in [0.3, 0.4) is 0 Å². The van der Waals surface area contributed by atoms with Crippen molar-refractivity contribution in [3.05, 3.63) is 65.2 Å². The highest BCUT2D eigenvalue weighted by molar-refractivity contribution is 6.05. The van der Waals surface area contributed by atoms with E-state index in [0.29, 0.717) is 11.5 Å². The predicted octanol–water partition coefficient (Wildman–Crippen LogP) is 3.60. The van der Waals surface area contributed by atoms with Gasteiger partial charge in [-0.15, -0.1) is 0 Å². The Kier molecular flexibility index (Phi) is 7.82. The van der Waals surface area contributed by atoms with E-state index in [4.69, 9.17) is 4.74 Å². The molecule has 0 aromatic heterocycles. The summed E-state index contributed by atoms with van der Waals surface area (Å²) in [6.45, 7) is 0.573. The lowest BCUT2D eigenvalue weighted by molar-refractivity contribution is -0.123. The number of benzene rings is 2. The van der Waals surface area contributed by atoms with Crippen LogP contribution in [-0.2, 0) is 16.0 Å². The van der Waals surface area contributed by atoms with Gasteiger partial charge >= 0.3 is 12.6 Å². The maximum atomic E-state index is 12.1. The Morgan fingerprint density at radius 1 is 0.931 bits per heavy atom. The van der Waals surface area contributed by atoms with Crippen LogP contribution in [0.1, 0.15) is 40.1 Å². The molecular weight excluding hydrogens is 384 g/mol. The van der Waals surface area contributed by atoms with Crippen molar-refractivity contribution in [2.24, 2.45) is 5.92 Å². The average molecular weight is 405 g/mol. The third-order valence-corrected chi connectivity index (χ3v) is 3.76. The summed E-state index contributed by atoms with van der Waals surface area (Å²) in [6.07, 6.45) is 0.884. The molecule has 2 aromatic rings. The van der Waals surface area contributed by atoms with Crippen LogP contribution in [0.15, 0.2) is 48.5 Å². The summed E-state index contributed by atoms with van der Waals surface area (Å²) >= 11 is 0. The van der Waals surface area contributed by atoms with Crippen molar-refractivity contribution >= 4 is 17.8 Å². The quantitative estimate of drug-likeness (QED) is 0.679. The van der Waals surface area contributed by atoms with E-state index in [1.54, 1.807) is 12.1 Å². The van der Waals surface area contributed by atoms with E-state index in [0.717, 1.165) is 12.0 Å². The number of hydrogen-bond donors (Lipinski definition) is 1. The number of carbonyl (C=O) groups is 3. The van der Waals surface area contributed by atoms with Crippen molar-refractivity contribution in [1.82, 2.24) is 5.32 Å². The number of carbonyl (C=O) groups excluding carboxylic acids is 3. The molecule has 6 nitrogen and oxygen atoms in total. The smallest absolute Gasteiger partial charge is 0.387 e. The number of esters is 1. The summed E-state index contributed by atoms with van der Waals surface area (Å²) in [7, 11) is 0. The normalized spacial score (nSPS) is 10.7. The van der Waals surface area contributed by atoms with Crippen molar-refractivity contribution in [2.75, 3.05) is 6.61 Å². The van der Waals surface area contributed by atoms with Crippen molar-refractivity contribution in [3.63, 3.8) is 0 Å². The second kappa shape index (κ2) is 10.3. The number of amides is 2. The van der Waals surface area contributed by atoms with E-state index in [9.17, 15) is 23.2 Å². The van der Waals surface area contributed by atoms with Gasteiger partial charge in [0.1, 0.15) is 5.75 Å². The zero-order chi connectivity index (χ0) is 21.4. The first-order valence-electron chi connectivity index (χ1n) is 8.89. The molecule has 0 atom stereocenters. The summed E-state index contributed by atoms with van der Waals surface area (Å²) in [4.78, 5) is 35.8.